The predicted molar refractivity (Wildman–Crippen MR) is 88.2 cm³/mol. The van der Waals surface area contributed by atoms with E-state index in [2.05, 4.69) is 6.92 Å². The van der Waals surface area contributed by atoms with Crippen LogP contribution in [-0.4, -0.2) is 25.7 Å². The molecule has 0 spiro atoms. The molecule has 1 amide bonds. The van der Waals surface area contributed by atoms with Gasteiger partial charge < -0.3 is 19.9 Å². The zero-order valence-corrected chi connectivity index (χ0v) is 13.2. The van der Waals surface area contributed by atoms with Crippen LogP contribution in [0.2, 0.25) is 0 Å². The van der Waals surface area contributed by atoms with E-state index in [4.69, 9.17) is 19.9 Å². The average Bonchev–Trinajstić information content (AvgIpc) is 2.58. The number of benzene rings is 2. The van der Waals surface area contributed by atoms with Gasteiger partial charge in [0.1, 0.15) is 30.5 Å². The van der Waals surface area contributed by atoms with Crippen LogP contribution in [0.25, 0.3) is 0 Å². The minimum Gasteiger partial charge on any atom is -0.494 e. The van der Waals surface area contributed by atoms with Crippen molar-refractivity contribution in [3.8, 4) is 17.2 Å². The third-order valence-corrected chi connectivity index (χ3v) is 3.04. The van der Waals surface area contributed by atoms with E-state index in [1.165, 1.54) is 0 Å². The van der Waals surface area contributed by atoms with Crippen molar-refractivity contribution < 1.29 is 19.0 Å². The summed E-state index contributed by atoms with van der Waals surface area (Å²) < 4.78 is 16.6. The lowest BCUT2D eigenvalue weighted by molar-refractivity contribution is 0.1000. The normalized spacial score (nSPS) is 10.1. The first-order chi connectivity index (χ1) is 11.2. The summed E-state index contributed by atoms with van der Waals surface area (Å²) in [5.41, 5.74) is 5.65. The minimum atomic E-state index is -0.475. The Labute approximate surface area is 136 Å². The number of carbonyl (C=O) groups is 1. The summed E-state index contributed by atoms with van der Waals surface area (Å²) >= 11 is 0. The summed E-state index contributed by atoms with van der Waals surface area (Å²) in [6.45, 7) is 3.54. The van der Waals surface area contributed by atoms with Gasteiger partial charge in [-0.3, -0.25) is 4.79 Å². The van der Waals surface area contributed by atoms with Crippen molar-refractivity contribution in [3.63, 3.8) is 0 Å². The second-order valence-corrected chi connectivity index (χ2v) is 4.91. The molecular formula is C18H21NO4. The van der Waals surface area contributed by atoms with Crippen LogP contribution in [0, 0.1) is 0 Å². The van der Waals surface area contributed by atoms with Crippen LogP contribution in [0.15, 0.2) is 48.5 Å². The number of primary amides is 1. The molecule has 2 aromatic carbocycles. The molecular weight excluding hydrogens is 294 g/mol. The van der Waals surface area contributed by atoms with Gasteiger partial charge in [-0.1, -0.05) is 13.0 Å². The van der Waals surface area contributed by atoms with Gasteiger partial charge in [-0.05, 0) is 48.9 Å². The number of carbonyl (C=O) groups excluding carboxylic acids is 1. The maximum Gasteiger partial charge on any atom is 0.248 e. The van der Waals surface area contributed by atoms with E-state index in [9.17, 15) is 4.79 Å². The lowest BCUT2D eigenvalue weighted by Gasteiger charge is -2.10. The van der Waals surface area contributed by atoms with Crippen LogP contribution in [0.5, 0.6) is 17.2 Å². The molecule has 5 nitrogen and oxygen atoms in total. The van der Waals surface area contributed by atoms with Crippen LogP contribution in [0.3, 0.4) is 0 Å². The third-order valence-electron chi connectivity index (χ3n) is 3.04. The Bertz CT molecular complexity index is 625. The highest BCUT2D eigenvalue weighted by Gasteiger charge is 2.02. The molecule has 0 saturated carbocycles. The van der Waals surface area contributed by atoms with Crippen molar-refractivity contribution in [2.75, 3.05) is 19.8 Å². The third kappa shape index (κ3) is 5.54. The second-order valence-electron chi connectivity index (χ2n) is 4.91. The predicted octanol–water partition coefficient (Wildman–Crippen LogP) is 3.03. The van der Waals surface area contributed by atoms with E-state index in [0.29, 0.717) is 31.1 Å². The van der Waals surface area contributed by atoms with Crippen molar-refractivity contribution in [1.82, 2.24) is 0 Å². The highest BCUT2D eigenvalue weighted by molar-refractivity contribution is 5.93. The molecule has 0 heterocycles. The molecule has 0 aliphatic rings. The van der Waals surface area contributed by atoms with Gasteiger partial charge in [0.15, 0.2) is 0 Å². The molecule has 23 heavy (non-hydrogen) atoms. The summed E-state index contributed by atoms with van der Waals surface area (Å²) in [5, 5.41) is 0. The molecule has 122 valence electrons. The Balaban J connectivity index is 1.74. The van der Waals surface area contributed by atoms with E-state index >= 15 is 0 Å². The summed E-state index contributed by atoms with van der Waals surface area (Å²) in [6, 6.07) is 14.2. The van der Waals surface area contributed by atoms with E-state index in [1.54, 1.807) is 24.3 Å². The molecule has 0 aliphatic heterocycles. The quantitative estimate of drug-likeness (QED) is 0.722. The van der Waals surface area contributed by atoms with Crippen LogP contribution >= 0.6 is 0 Å². The van der Waals surface area contributed by atoms with Crippen molar-refractivity contribution in [3.05, 3.63) is 54.1 Å². The van der Waals surface area contributed by atoms with E-state index < -0.39 is 5.91 Å². The van der Waals surface area contributed by atoms with Crippen molar-refractivity contribution in [2.45, 2.75) is 13.3 Å². The lowest BCUT2D eigenvalue weighted by Crippen LogP contribution is -2.12. The molecule has 0 bridgehead atoms. The number of nitrogens with two attached hydrogens (primary N) is 1. The molecule has 2 N–H and O–H groups in total. The fraction of sp³-hybridized carbons (Fsp3) is 0.278. The van der Waals surface area contributed by atoms with Gasteiger partial charge in [-0.15, -0.1) is 0 Å². The Morgan fingerprint density at radius 2 is 1.43 bits per heavy atom. The Kier molecular flexibility index (Phi) is 6.29. The maximum atomic E-state index is 11.1. The van der Waals surface area contributed by atoms with Gasteiger partial charge in [0, 0.05) is 5.56 Å². The lowest BCUT2D eigenvalue weighted by atomic mass is 10.2. The average molecular weight is 315 g/mol. The van der Waals surface area contributed by atoms with Gasteiger partial charge in [0.25, 0.3) is 0 Å². The first-order valence-corrected chi connectivity index (χ1v) is 7.57. The fourth-order valence-electron chi connectivity index (χ4n) is 1.91. The molecule has 0 fully saturated rings. The minimum absolute atomic E-state index is 0.371. The molecule has 5 heteroatoms. The zero-order valence-electron chi connectivity index (χ0n) is 13.2. The van der Waals surface area contributed by atoms with Gasteiger partial charge in [-0.25, -0.2) is 0 Å². The maximum absolute atomic E-state index is 11.1. The highest BCUT2D eigenvalue weighted by Crippen LogP contribution is 2.18. The molecule has 0 unspecified atom stereocenters. The van der Waals surface area contributed by atoms with E-state index in [1.807, 2.05) is 24.3 Å². The second kappa shape index (κ2) is 8.68. The number of ether oxygens (including phenoxy) is 3. The highest BCUT2D eigenvalue weighted by atomic mass is 16.5. The number of hydrogen-bond acceptors (Lipinski definition) is 4. The van der Waals surface area contributed by atoms with Crippen LogP contribution in [0.4, 0.5) is 0 Å². The van der Waals surface area contributed by atoms with Crippen LogP contribution in [0.1, 0.15) is 23.7 Å². The van der Waals surface area contributed by atoms with E-state index in [-0.39, 0.29) is 0 Å². The van der Waals surface area contributed by atoms with E-state index in [0.717, 1.165) is 17.9 Å². The Hall–Kier alpha value is -2.69. The van der Waals surface area contributed by atoms with Crippen LogP contribution < -0.4 is 19.9 Å². The summed E-state index contributed by atoms with van der Waals surface area (Å²) in [6.07, 6.45) is 0.979. The largest absolute Gasteiger partial charge is 0.494 e. The fourth-order valence-corrected chi connectivity index (χ4v) is 1.91. The number of amides is 1. The van der Waals surface area contributed by atoms with Crippen molar-refractivity contribution >= 4 is 5.91 Å². The van der Waals surface area contributed by atoms with Gasteiger partial charge >= 0.3 is 0 Å². The Morgan fingerprint density at radius 1 is 0.870 bits per heavy atom. The molecule has 2 rings (SSSR count). The molecule has 0 aromatic heterocycles. The summed E-state index contributed by atoms with van der Waals surface area (Å²) in [7, 11) is 0. The topological polar surface area (TPSA) is 70.8 Å². The van der Waals surface area contributed by atoms with Crippen LogP contribution in [-0.2, 0) is 0 Å². The first kappa shape index (κ1) is 16.7. The van der Waals surface area contributed by atoms with Crippen molar-refractivity contribution in [2.24, 2.45) is 5.73 Å². The first-order valence-electron chi connectivity index (χ1n) is 7.57. The molecule has 0 saturated heterocycles. The molecule has 0 atom stereocenters. The van der Waals surface area contributed by atoms with Crippen molar-refractivity contribution in [1.29, 1.82) is 0 Å². The monoisotopic (exact) mass is 315 g/mol. The summed E-state index contributed by atoms with van der Waals surface area (Å²) in [4.78, 5) is 11.1. The number of hydrogen-bond donors (Lipinski definition) is 1. The molecule has 0 aliphatic carbocycles. The molecule has 0 radical (unpaired) electrons. The molecule has 2 aromatic rings. The summed E-state index contributed by atoms with van der Waals surface area (Å²) in [5.74, 6) is 1.70. The SMILES string of the molecule is CCCOc1ccc(OCCOc2cccc(C(N)=O)c2)cc1. The smallest absolute Gasteiger partial charge is 0.248 e. The van der Waals surface area contributed by atoms with Gasteiger partial charge in [-0.2, -0.15) is 0 Å². The standard InChI is InChI=1S/C18H21NO4/c1-2-10-21-15-6-8-16(9-7-15)22-11-12-23-17-5-3-4-14(13-17)18(19)20/h3-9,13H,2,10-12H2,1H3,(H2,19,20). The zero-order chi connectivity index (χ0) is 16.5. The Morgan fingerprint density at radius 3 is 2.00 bits per heavy atom. The van der Waals surface area contributed by atoms with Gasteiger partial charge in [0.2, 0.25) is 5.91 Å². The number of rotatable bonds is 9. The van der Waals surface area contributed by atoms with Gasteiger partial charge in [0.05, 0.1) is 6.61 Å².